The summed E-state index contributed by atoms with van der Waals surface area (Å²) >= 11 is 1.04. The van der Waals surface area contributed by atoms with Crippen LogP contribution in [0.5, 0.6) is 0 Å². The third kappa shape index (κ3) is 8.23. The van der Waals surface area contributed by atoms with Crippen molar-refractivity contribution in [3.8, 4) is 0 Å². The number of hydrogen-bond donors (Lipinski definition) is 0. The highest BCUT2D eigenvalue weighted by Crippen LogP contribution is 2.13. The highest BCUT2D eigenvalue weighted by Gasteiger charge is 1.96. The second-order valence-corrected chi connectivity index (χ2v) is 2.58. The lowest BCUT2D eigenvalue weighted by molar-refractivity contribution is -0.777. The number of rotatable bonds is 4. The molecule has 0 heterocycles. The Morgan fingerprint density at radius 2 is 2.22 bits per heavy atom. The van der Waals surface area contributed by atoms with Gasteiger partial charge in [0.05, 0.1) is 0 Å². The molecular formula is C5H13O3S-. The second-order valence-electron chi connectivity index (χ2n) is 1.45. The molecule has 0 saturated heterocycles. The predicted octanol–water partition coefficient (Wildman–Crippen LogP) is 1.29. The van der Waals surface area contributed by atoms with Crippen LogP contribution in [0.3, 0.4) is 0 Å². The lowest BCUT2D eigenvalue weighted by atomic mass is 10.4. The van der Waals surface area contributed by atoms with Crippen molar-refractivity contribution in [3.63, 3.8) is 0 Å². The van der Waals surface area contributed by atoms with E-state index < -0.39 is 0 Å². The molecule has 0 radical (unpaired) electrons. The molecule has 0 amide bonds. The molecule has 58 valence electrons. The average molecular weight is 153 g/mol. The van der Waals surface area contributed by atoms with Crippen LogP contribution >= 0.6 is 12.0 Å². The zero-order valence-electron chi connectivity index (χ0n) is 4.92. The molecule has 0 aromatic carbocycles. The molecule has 0 aliphatic rings. The standard InChI is InChI=1S/C4H10O3S.CH4/c1-3-4(2)8-7-6-5;/h4-5H,3H2,1-2H3;1H4/p-1. The molecule has 4 heteroatoms. The van der Waals surface area contributed by atoms with E-state index in [9.17, 15) is 5.26 Å². The molecule has 9 heavy (non-hydrogen) atoms. The first-order chi connectivity index (χ1) is 3.81. The van der Waals surface area contributed by atoms with Crippen LogP contribution in [0.2, 0.25) is 0 Å². The summed E-state index contributed by atoms with van der Waals surface area (Å²) < 4.78 is 4.05. The molecule has 3 nitrogen and oxygen atoms in total. The Labute approximate surface area is 60.4 Å². The Balaban J connectivity index is 0. The minimum Gasteiger partial charge on any atom is -0.691 e. The smallest absolute Gasteiger partial charge is 0.0337 e. The van der Waals surface area contributed by atoms with E-state index in [4.69, 9.17) is 0 Å². The first-order valence-corrected chi connectivity index (χ1v) is 3.23. The SMILES string of the molecule is C.CCC(C)SOO[O-]. The second kappa shape index (κ2) is 8.23. The monoisotopic (exact) mass is 153 g/mol. The van der Waals surface area contributed by atoms with E-state index in [1.54, 1.807) is 0 Å². The Morgan fingerprint density at radius 3 is 2.56 bits per heavy atom. The lowest BCUT2D eigenvalue weighted by Crippen LogP contribution is -2.04. The zero-order valence-corrected chi connectivity index (χ0v) is 5.73. The Morgan fingerprint density at radius 1 is 1.67 bits per heavy atom. The summed E-state index contributed by atoms with van der Waals surface area (Å²) in [7, 11) is 0. The summed E-state index contributed by atoms with van der Waals surface area (Å²) in [4.78, 5) is 0. The minimum absolute atomic E-state index is 0. The van der Waals surface area contributed by atoms with Gasteiger partial charge in [-0.1, -0.05) is 21.3 Å². The largest absolute Gasteiger partial charge is 0.691 e. The van der Waals surface area contributed by atoms with Gasteiger partial charge in [-0.05, 0) is 6.42 Å². The van der Waals surface area contributed by atoms with Gasteiger partial charge in [-0.25, -0.2) is 0 Å². The zero-order chi connectivity index (χ0) is 6.41. The molecule has 0 bridgehead atoms. The first-order valence-electron chi connectivity index (χ1n) is 2.43. The van der Waals surface area contributed by atoms with Crippen LogP contribution in [0, 0.1) is 0 Å². The van der Waals surface area contributed by atoms with Crippen molar-refractivity contribution in [2.45, 2.75) is 32.9 Å². The predicted molar refractivity (Wildman–Crippen MR) is 36.2 cm³/mol. The molecule has 0 N–H and O–H groups in total. The van der Waals surface area contributed by atoms with E-state index in [1.165, 1.54) is 0 Å². The van der Waals surface area contributed by atoms with Gasteiger partial charge in [0.1, 0.15) is 0 Å². The van der Waals surface area contributed by atoms with Gasteiger partial charge in [-0.15, -0.1) is 0 Å². The Hall–Kier alpha value is 0.230. The van der Waals surface area contributed by atoms with Gasteiger partial charge in [0, 0.05) is 17.3 Å². The molecule has 0 aromatic rings. The van der Waals surface area contributed by atoms with Gasteiger partial charge < -0.3 is 5.26 Å². The van der Waals surface area contributed by atoms with Crippen molar-refractivity contribution >= 4 is 12.0 Å². The van der Waals surface area contributed by atoms with E-state index in [-0.39, 0.29) is 7.43 Å². The van der Waals surface area contributed by atoms with Crippen LogP contribution in [-0.4, -0.2) is 5.25 Å². The molecule has 0 saturated carbocycles. The topological polar surface area (TPSA) is 41.5 Å². The van der Waals surface area contributed by atoms with Crippen LogP contribution in [0.25, 0.3) is 0 Å². The van der Waals surface area contributed by atoms with Gasteiger partial charge in [0.2, 0.25) is 0 Å². The fourth-order valence-corrected chi connectivity index (χ4v) is 0.453. The lowest BCUT2D eigenvalue weighted by Gasteiger charge is -2.07. The fourth-order valence-electron chi connectivity index (χ4n) is 0.151. The fraction of sp³-hybridized carbons (Fsp3) is 1.00. The van der Waals surface area contributed by atoms with Crippen molar-refractivity contribution in [1.82, 2.24) is 0 Å². The maximum Gasteiger partial charge on any atom is 0.0337 e. The summed E-state index contributed by atoms with van der Waals surface area (Å²) in [6, 6.07) is 0. The normalized spacial score (nSPS) is 12.3. The van der Waals surface area contributed by atoms with Crippen molar-refractivity contribution in [1.29, 1.82) is 0 Å². The van der Waals surface area contributed by atoms with Gasteiger partial charge in [0.25, 0.3) is 0 Å². The summed E-state index contributed by atoms with van der Waals surface area (Å²) in [5, 5.41) is 12.7. The van der Waals surface area contributed by atoms with Crippen LogP contribution in [0.15, 0.2) is 0 Å². The van der Waals surface area contributed by atoms with Gasteiger partial charge in [-0.2, -0.15) is 4.33 Å². The highest BCUT2D eigenvalue weighted by atomic mass is 32.2. The van der Waals surface area contributed by atoms with E-state index in [1.807, 2.05) is 13.8 Å². The molecular weight excluding hydrogens is 140 g/mol. The van der Waals surface area contributed by atoms with Crippen LogP contribution in [0.1, 0.15) is 27.7 Å². The molecule has 0 aromatic heterocycles. The van der Waals surface area contributed by atoms with Gasteiger partial charge in [0.15, 0.2) is 0 Å². The van der Waals surface area contributed by atoms with Crippen molar-refractivity contribution < 1.29 is 14.6 Å². The molecule has 0 aliphatic heterocycles. The molecule has 0 fully saturated rings. The van der Waals surface area contributed by atoms with E-state index in [0.717, 1.165) is 18.5 Å². The van der Waals surface area contributed by atoms with Gasteiger partial charge >= 0.3 is 0 Å². The molecule has 0 rings (SSSR count). The van der Waals surface area contributed by atoms with E-state index in [0.29, 0.717) is 5.25 Å². The summed E-state index contributed by atoms with van der Waals surface area (Å²) in [6.45, 7) is 3.95. The van der Waals surface area contributed by atoms with E-state index >= 15 is 0 Å². The third-order valence-corrected chi connectivity index (χ3v) is 1.60. The summed E-state index contributed by atoms with van der Waals surface area (Å²) in [5.41, 5.74) is 0. The third-order valence-electron chi connectivity index (χ3n) is 0.806. The molecule has 1 unspecified atom stereocenters. The Kier molecular flexibility index (Phi) is 10.9. The maximum atomic E-state index is 9.21. The van der Waals surface area contributed by atoms with Crippen molar-refractivity contribution in [2.24, 2.45) is 0 Å². The molecule has 1 atom stereocenters. The quantitative estimate of drug-likeness (QED) is 0.347. The van der Waals surface area contributed by atoms with Crippen LogP contribution < -0.4 is 5.26 Å². The number of hydrogen-bond acceptors (Lipinski definition) is 4. The van der Waals surface area contributed by atoms with Crippen molar-refractivity contribution in [3.05, 3.63) is 0 Å². The van der Waals surface area contributed by atoms with E-state index in [2.05, 4.69) is 9.37 Å². The molecule has 0 spiro atoms. The summed E-state index contributed by atoms with van der Waals surface area (Å²) in [5.74, 6) is 0. The van der Waals surface area contributed by atoms with Gasteiger partial charge in [-0.3, -0.25) is 5.04 Å². The van der Waals surface area contributed by atoms with Crippen LogP contribution in [0.4, 0.5) is 0 Å². The van der Waals surface area contributed by atoms with Crippen LogP contribution in [-0.2, 0) is 9.37 Å². The first kappa shape index (κ1) is 12.0. The molecule has 0 aliphatic carbocycles. The highest BCUT2D eigenvalue weighted by molar-refractivity contribution is 7.95. The Bertz CT molecular complexity index is 51.5. The summed E-state index contributed by atoms with van der Waals surface area (Å²) in [6.07, 6.45) is 0.966. The maximum absolute atomic E-state index is 9.21. The average Bonchev–Trinajstić information content (AvgIpc) is 1.83. The van der Waals surface area contributed by atoms with Crippen molar-refractivity contribution in [2.75, 3.05) is 0 Å². The minimum atomic E-state index is 0.